The van der Waals surface area contributed by atoms with E-state index in [0.29, 0.717) is 6.04 Å². The van der Waals surface area contributed by atoms with Crippen molar-refractivity contribution in [2.75, 3.05) is 18.4 Å². The van der Waals surface area contributed by atoms with E-state index < -0.39 is 0 Å². The second-order valence-electron chi connectivity index (χ2n) is 7.00. The first-order chi connectivity index (χ1) is 11.6. The van der Waals surface area contributed by atoms with E-state index in [-0.39, 0.29) is 5.41 Å². The summed E-state index contributed by atoms with van der Waals surface area (Å²) in [6, 6.07) is 6.44. The van der Waals surface area contributed by atoms with Crippen LogP contribution in [0.5, 0.6) is 0 Å². The van der Waals surface area contributed by atoms with Crippen LogP contribution in [0.4, 0.5) is 5.82 Å². The molecule has 4 rings (SSSR count). The maximum Gasteiger partial charge on any atom is 0.155 e. The lowest BCUT2D eigenvalue weighted by molar-refractivity contribution is 0.231. The molecule has 0 amide bonds. The number of anilines is 1. The third-order valence-electron chi connectivity index (χ3n) is 4.89. The smallest absolute Gasteiger partial charge is 0.155 e. The third kappa shape index (κ3) is 2.73. The first-order valence-electron chi connectivity index (χ1n) is 8.35. The fourth-order valence-corrected chi connectivity index (χ4v) is 3.22. The molecule has 24 heavy (non-hydrogen) atoms. The SMILES string of the molecule is CC1(C)CCNCC1Nc1cccc(-c2cnc3cnccn23)n1. The molecule has 6 heteroatoms. The normalized spacial score (nSPS) is 20.2. The fourth-order valence-electron chi connectivity index (χ4n) is 3.22. The van der Waals surface area contributed by atoms with E-state index in [9.17, 15) is 0 Å². The number of hydrogen-bond donors (Lipinski definition) is 2. The van der Waals surface area contributed by atoms with Crippen LogP contribution in [-0.2, 0) is 0 Å². The quantitative estimate of drug-likeness (QED) is 0.776. The fraction of sp³-hybridized carbons (Fsp3) is 0.389. The molecule has 0 aromatic carbocycles. The molecule has 3 aromatic rings. The van der Waals surface area contributed by atoms with Crippen molar-refractivity contribution in [1.29, 1.82) is 0 Å². The van der Waals surface area contributed by atoms with Gasteiger partial charge in [-0.25, -0.2) is 9.97 Å². The van der Waals surface area contributed by atoms with E-state index >= 15 is 0 Å². The molecule has 0 saturated carbocycles. The molecule has 0 aliphatic carbocycles. The van der Waals surface area contributed by atoms with Crippen LogP contribution in [0.1, 0.15) is 20.3 Å². The van der Waals surface area contributed by atoms with Crippen molar-refractivity contribution in [3.8, 4) is 11.4 Å². The van der Waals surface area contributed by atoms with E-state index in [4.69, 9.17) is 4.98 Å². The van der Waals surface area contributed by atoms with Gasteiger partial charge in [-0.15, -0.1) is 0 Å². The summed E-state index contributed by atoms with van der Waals surface area (Å²) in [5.41, 5.74) is 2.94. The average molecular weight is 322 g/mol. The van der Waals surface area contributed by atoms with Gasteiger partial charge in [-0.2, -0.15) is 0 Å². The molecule has 0 bridgehead atoms. The average Bonchev–Trinajstić information content (AvgIpc) is 3.01. The Hall–Kier alpha value is -2.47. The highest BCUT2D eigenvalue weighted by Crippen LogP contribution is 2.30. The van der Waals surface area contributed by atoms with Crippen molar-refractivity contribution in [2.45, 2.75) is 26.3 Å². The van der Waals surface area contributed by atoms with Gasteiger partial charge in [-0.3, -0.25) is 9.38 Å². The summed E-state index contributed by atoms with van der Waals surface area (Å²) in [6.07, 6.45) is 8.42. The molecule has 4 heterocycles. The van der Waals surface area contributed by atoms with Crippen molar-refractivity contribution < 1.29 is 0 Å². The number of hydrogen-bond acceptors (Lipinski definition) is 5. The molecule has 1 fully saturated rings. The lowest BCUT2D eigenvalue weighted by Crippen LogP contribution is -2.50. The summed E-state index contributed by atoms with van der Waals surface area (Å²) in [6.45, 7) is 6.66. The summed E-state index contributed by atoms with van der Waals surface area (Å²) in [5, 5.41) is 7.07. The number of piperidine rings is 1. The minimum Gasteiger partial charge on any atom is -0.366 e. The van der Waals surface area contributed by atoms with Crippen molar-refractivity contribution >= 4 is 11.5 Å². The maximum atomic E-state index is 4.80. The highest BCUT2D eigenvalue weighted by molar-refractivity contribution is 5.61. The molecule has 3 aromatic heterocycles. The predicted molar refractivity (Wildman–Crippen MR) is 94.9 cm³/mol. The third-order valence-corrected chi connectivity index (χ3v) is 4.89. The topological polar surface area (TPSA) is 67.1 Å². The summed E-state index contributed by atoms with van der Waals surface area (Å²) >= 11 is 0. The largest absolute Gasteiger partial charge is 0.366 e. The molecule has 124 valence electrons. The van der Waals surface area contributed by atoms with Crippen LogP contribution in [0.25, 0.3) is 17.0 Å². The van der Waals surface area contributed by atoms with Crippen molar-refractivity contribution in [1.82, 2.24) is 24.7 Å². The van der Waals surface area contributed by atoms with Gasteiger partial charge in [0.25, 0.3) is 0 Å². The Morgan fingerprint density at radius 3 is 3.08 bits per heavy atom. The van der Waals surface area contributed by atoms with E-state index in [0.717, 1.165) is 42.4 Å². The van der Waals surface area contributed by atoms with Gasteiger partial charge in [0.2, 0.25) is 0 Å². The molecule has 0 spiro atoms. The van der Waals surface area contributed by atoms with Crippen LogP contribution in [0.3, 0.4) is 0 Å². The predicted octanol–water partition coefficient (Wildman–Crippen LogP) is 2.59. The maximum absolute atomic E-state index is 4.80. The Morgan fingerprint density at radius 1 is 1.29 bits per heavy atom. The highest BCUT2D eigenvalue weighted by atomic mass is 15.1. The van der Waals surface area contributed by atoms with Gasteiger partial charge < -0.3 is 10.6 Å². The van der Waals surface area contributed by atoms with E-state index in [1.54, 1.807) is 12.4 Å². The van der Waals surface area contributed by atoms with Crippen molar-refractivity contribution in [3.63, 3.8) is 0 Å². The number of nitrogens with zero attached hydrogens (tertiary/aromatic N) is 4. The standard InChI is InChI=1S/C18H22N6/c1-18(2)6-7-19-11-15(18)23-16-5-3-4-13(22-16)14-10-21-17-12-20-8-9-24(14)17/h3-5,8-10,12,15,19H,6-7,11H2,1-2H3,(H,22,23). The Labute approximate surface area is 141 Å². The molecule has 1 aliphatic heterocycles. The number of aromatic nitrogens is 4. The van der Waals surface area contributed by atoms with Gasteiger partial charge in [0.05, 0.1) is 23.8 Å². The molecule has 6 nitrogen and oxygen atoms in total. The molecular formula is C18H22N6. The Kier molecular flexibility index (Phi) is 3.69. The number of nitrogens with one attached hydrogen (secondary N) is 2. The minimum atomic E-state index is 0.248. The second kappa shape index (κ2) is 5.87. The number of fused-ring (bicyclic) bond motifs is 1. The monoisotopic (exact) mass is 322 g/mol. The minimum absolute atomic E-state index is 0.248. The van der Waals surface area contributed by atoms with Crippen molar-refractivity contribution in [3.05, 3.63) is 43.0 Å². The van der Waals surface area contributed by atoms with E-state index in [2.05, 4.69) is 34.4 Å². The molecule has 1 atom stereocenters. The Balaban J connectivity index is 1.64. The van der Waals surface area contributed by atoms with E-state index in [1.165, 1.54) is 0 Å². The van der Waals surface area contributed by atoms with Crippen LogP contribution in [-0.4, -0.2) is 38.5 Å². The molecule has 1 saturated heterocycles. The lowest BCUT2D eigenvalue weighted by atomic mass is 9.79. The zero-order valence-electron chi connectivity index (χ0n) is 14.0. The van der Waals surface area contributed by atoms with Crippen LogP contribution < -0.4 is 10.6 Å². The molecule has 2 N–H and O–H groups in total. The lowest BCUT2D eigenvalue weighted by Gasteiger charge is -2.39. The van der Waals surface area contributed by atoms with Crippen LogP contribution in [0.15, 0.2) is 43.0 Å². The van der Waals surface area contributed by atoms with E-state index in [1.807, 2.05) is 35.0 Å². The summed E-state index contributed by atoms with van der Waals surface area (Å²) in [7, 11) is 0. The van der Waals surface area contributed by atoms with Crippen LogP contribution in [0, 0.1) is 5.41 Å². The van der Waals surface area contributed by atoms with Gasteiger partial charge in [-0.1, -0.05) is 19.9 Å². The first-order valence-corrected chi connectivity index (χ1v) is 8.35. The summed E-state index contributed by atoms with van der Waals surface area (Å²) < 4.78 is 2.01. The number of rotatable bonds is 3. The van der Waals surface area contributed by atoms with Crippen molar-refractivity contribution in [2.24, 2.45) is 5.41 Å². The van der Waals surface area contributed by atoms with Crippen LogP contribution in [0.2, 0.25) is 0 Å². The summed E-state index contributed by atoms with van der Waals surface area (Å²) in [4.78, 5) is 13.3. The Bertz CT molecular complexity index is 853. The van der Waals surface area contributed by atoms with Gasteiger partial charge >= 0.3 is 0 Å². The molecule has 1 aliphatic rings. The van der Waals surface area contributed by atoms with Gasteiger partial charge in [-0.05, 0) is 30.5 Å². The number of imidazole rings is 1. The highest BCUT2D eigenvalue weighted by Gasteiger charge is 2.32. The first kappa shape index (κ1) is 15.1. The van der Waals surface area contributed by atoms with Gasteiger partial charge in [0.15, 0.2) is 5.65 Å². The van der Waals surface area contributed by atoms with Gasteiger partial charge in [0.1, 0.15) is 5.82 Å². The number of pyridine rings is 1. The second-order valence-corrected chi connectivity index (χ2v) is 7.00. The van der Waals surface area contributed by atoms with Gasteiger partial charge in [0, 0.05) is 25.0 Å². The molecule has 0 radical (unpaired) electrons. The summed E-state index contributed by atoms with van der Waals surface area (Å²) in [5.74, 6) is 0.901. The van der Waals surface area contributed by atoms with Crippen LogP contribution >= 0.6 is 0 Å². The molecular weight excluding hydrogens is 300 g/mol. The zero-order valence-corrected chi connectivity index (χ0v) is 14.0. The molecule has 1 unspecified atom stereocenters. The Morgan fingerprint density at radius 2 is 2.21 bits per heavy atom. The zero-order chi connectivity index (χ0) is 16.6.